The Morgan fingerprint density at radius 1 is 1.40 bits per heavy atom. The van der Waals surface area contributed by atoms with Crippen LogP contribution >= 0.6 is 11.3 Å². The molecule has 30 heavy (non-hydrogen) atoms. The number of amides is 2. The number of alkyl carbamates (subject to hydrolysis) is 1. The molecule has 9 heteroatoms. The summed E-state index contributed by atoms with van der Waals surface area (Å²) in [7, 11) is 0. The molecule has 1 aliphatic heterocycles. The van der Waals surface area contributed by atoms with Gasteiger partial charge in [-0.15, -0.1) is 11.3 Å². The van der Waals surface area contributed by atoms with Crippen LogP contribution in [0.1, 0.15) is 22.4 Å². The van der Waals surface area contributed by atoms with Crippen LogP contribution in [0.4, 0.5) is 15.5 Å². The molecule has 1 fully saturated rings. The molecule has 2 aliphatic rings. The molecule has 1 atom stereocenters. The minimum absolute atomic E-state index is 0.0610. The number of nitrogens with two attached hydrogens (primary N) is 1. The average molecular weight is 429 g/mol. The van der Waals surface area contributed by atoms with Crippen LogP contribution in [0.2, 0.25) is 0 Å². The average Bonchev–Trinajstić information content (AvgIpc) is 3.03. The number of nitrogens with zero attached hydrogens (tertiary/aromatic N) is 1. The maximum atomic E-state index is 12.3. The van der Waals surface area contributed by atoms with Crippen molar-refractivity contribution >= 4 is 40.1 Å². The van der Waals surface area contributed by atoms with E-state index in [1.54, 1.807) is 18.5 Å². The first-order valence-corrected chi connectivity index (χ1v) is 10.7. The van der Waals surface area contributed by atoms with Gasteiger partial charge in [-0.1, -0.05) is 6.07 Å². The first kappa shape index (κ1) is 20.4. The molecule has 8 nitrogen and oxygen atoms in total. The summed E-state index contributed by atoms with van der Waals surface area (Å²) in [4.78, 5) is 29.2. The van der Waals surface area contributed by atoms with Gasteiger partial charge in [-0.05, 0) is 48.4 Å². The summed E-state index contributed by atoms with van der Waals surface area (Å²) < 4.78 is 10.4. The standard InChI is InChI=1S/C21H24N4O4S/c22-19-16-5-3-14(10-29-21(27)24-15-11-28-12-15)8-17(16)30-20(19)25-18(26)6-4-13-2-1-7-23-9-13/h1-2,4,6-7,9,14-15H,3,5,8,10-12,22H2,(H,24,27)(H,25,26)/b6-4+. The number of fused-ring (bicyclic) bond motifs is 1. The van der Waals surface area contributed by atoms with Gasteiger partial charge in [-0.3, -0.25) is 9.78 Å². The molecule has 3 heterocycles. The van der Waals surface area contributed by atoms with Crippen LogP contribution in [0.5, 0.6) is 0 Å². The summed E-state index contributed by atoms with van der Waals surface area (Å²) in [5, 5.41) is 6.32. The van der Waals surface area contributed by atoms with Gasteiger partial charge < -0.3 is 25.8 Å². The first-order valence-electron chi connectivity index (χ1n) is 9.88. The molecule has 4 N–H and O–H groups in total. The Balaban J connectivity index is 1.31. The number of aromatic nitrogens is 1. The summed E-state index contributed by atoms with van der Waals surface area (Å²) in [5.41, 5.74) is 8.86. The van der Waals surface area contributed by atoms with Crippen molar-refractivity contribution in [3.8, 4) is 0 Å². The van der Waals surface area contributed by atoms with Crippen LogP contribution in [-0.4, -0.2) is 42.8 Å². The summed E-state index contributed by atoms with van der Waals surface area (Å²) in [6, 6.07) is 3.75. The second-order valence-electron chi connectivity index (χ2n) is 7.44. The monoisotopic (exact) mass is 428 g/mol. The van der Waals surface area contributed by atoms with E-state index in [1.165, 1.54) is 17.4 Å². The molecule has 1 saturated heterocycles. The molecule has 0 spiro atoms. The van der Waals surface area contributed by atoms with Crippen molar-refractivity contribution in [2.45, 2.75) is 25.3 Å². The summed E-state index contributed by atoms with van der Waals surface area (Å²) >= 11 is 1.50. The fourth-order valence-corrected chi connectivity index (χ4v) is 4.72. The van der Waals surface area contributed by atoms with Crippen molar-refractivity contribution < 1.29 is 19.1 Å². The number of carbonyl (C=O) groups is 2. The second-order valence-corrected chi connectivity index (χ2v) is 8.55. The maximum absolute atomic E-state index is 12.3. The second kappa shape index (κ2) is 9.27. The van der Waals surface area contributed by atoms with E-state index in [0.717, 1.165) is 35.3 Å². The van der Waals surface area contributed by atoms with E-state index in [9.17, 15) is 9.59 Å². The highest BCUT2D eigenvalue weighted by Gasteiger charge is 2.27. The normalized spacial score (nSPS) is 18.5. The van der Waals surface area contributed by atoms with Gasteiger partial charge >= 0.3 is 6.09 Å². The van der Waals surface area contributed by atoms with Crippen LogP contribution in [0, 0.1) is 5.92 Å². The lowest BCUT2D eigenvalue weighted by Crippen LogP contribution is -2.49. The predicted molar refractivity (Wildman–Crippen MR) is 115 cm³/mol. The van der Waals surface area contributed by atoms with E-state index in [0.29, 0.717) is 30.5 Å². The lowest BCUT2D eigenvalue weighted by Gasteiger charge is -2.27. The molecule has 1 unspecified atom stereocenters. The minimum atomic E-state index is -0.395. The molecule has 2 amide bonds. The molecule has 0 saturated carbocycles. The Bertz CT molecular complexity index is 940. The van der Waals surface area contributed by atoms with Gasteiger partial charge in [0.05, 0.1) is 31.5 Å². The van der Waals surface area contributed by atoms with Crippen LogP contribution in [0.25, 0.3) is 6.08 Å². The van der Waals surface area contributed by atoms with Gasteiger partial charge in [-0.25, -0.2) is 4.79 Å². The number of nitrogen functional groups attached to an aromatic ring is 1. The predicted octanol–water partition coefficient (Wildman–Crippen LogP) is 2.61. The van der Waals surface area contributed by atoms with Crippen LogP contribution < -0.4 is 16.4 Å². The topological polar surface area (TPSA) is 116 Å². The number of hydrogen-bond acceptors (Lipinski definition) is 7. The smallest absolute Gasteiger partial charge is 0.407 e. The van der Waals surface area contributed by atoms with Gasteiger partial charge in [0.15, 0.2) is 0 Å². The highest BCUT2D eigenvalue weighted by Crippen LogP contribution is 2.41. The third-order valence-electron chi connectivity index (χ3n) is 5.17. The van der Waals surface area contributed by atoms with Crippen molar-refractivity contribution in [2.24, 2.45) is 5.92 Å². The zero-order valence-corrected chi connectivity index (χ0v) is 17.2. The summed E-state index contributed by atoms with van der Waals surface area (Å²) in [5.74, 6) is 0.00801. The van der Waals surface area contributed by atoms with E-state index >= 15 is 0 Å². The summed E-state index contributed by atoms with van der Waals surface area (Å²) in [6.45, 7) is 1.46. The van der Waals surface area contributed by atoms with E-state index in [-0.39, 0.29) is 17.9 Å². The zero-order valence-electron chi connectivity index (χ0n) is 16.4. The number of nitrogens with one attached hydrogen (secondary N) is 2. The zero-order chi connectivity index (χ0) is 20.9. The fraction of sp³-hybridized carbons (Fsp3) is 0.381. The van der Waals surface area contributed by atoms with E-state index in [2.05, 4.69) is 15.6 Å². The Morgan fingerprint density at radius 2 is 2.27 bits per heavy atom. The van der Waals surface area contributed by atoms with Gasteiger partial charge in [-0.2, -0.15) is 0 Å². The van der Waals surface area contributed by atoms with E-state index < -0.39 is 6.09 Å². The number of hydrogen-bond donors (Lipinski definition) is 3. The molecule has 1 aliphatic carbocycles. The van der Waals surface area contributed by atoms with Crippen molar-refractivity contribution in [1.82, 2.24) is 10.3 Å². The number of thiophene rings is 1. The largest absolute Gasteiger partial charge is 0.449 e. The maximum Gasteiger partial charge on any atom is 0.407 e. The van der Waals surface area contributed by atoms with Gasteiger partial charge in [0.2, 0.25) is 5.91 Å². The first-order chi connectivity index (χ1) is 14.6. The molecular weight excluding hydrogens is 404 g/mol. The molecule has 2 aromatic rings. The van der Waals surface area contributed by atoms with Crippen LogP contribution in [0.15, 0.2) is 30.6 Å². The molecule has 0 bridgehead atoms. The SMILES string of the molecule is Nc1c(NC(=O)/C=C/c2cccnc2)sc2c1CCC(COC(=O)NC1COC1)C2. The van der Waals surface area contributed by atoms with Crippen molar-refractivity contribution in [3.05, 3.63) is 46.6 Å². The molecular formula is C21H24N4O4S. The third kappa shape index (κ3) is 4.98. The van der Waals surface area contributed by atoms with E-state index in [1.807, 2.05) is 12.1 Å². The van der Waals surface area contributed by atoms with Gasteiger partial charge in [0.1, 0.15) is 5.00 Å². The Morgan fingerprint density at radius 3 is 3.00 bits per heavy atom. The number of anilines is 2. The number of pyridine rings is 1. The minimum Gasteiger partial charge on any atom is -0.449 e. The molecule has 0 aromatic carbocycles. The fourth-order valence-electron chi connectivity index (χ4n) is 3.43. The van der Waals surface area contributed by atoms with E-state index in [4.69, 9.17) is 15.2 Å². The highest BCUT2D eigenvalue weighted by molar-refractivity contribution is 7.17. The third-order valence-corrected chi connectivity index (χ3v) is 6.35. The number of rotatable bonds is 6. The quantitative estimate of drug-likeness (QED) is 0.609. The Hall–Kier alpha value is -2.91. The Labute approximate surface area is 178 Å². The summed E-state index contributed by atoms with van der Waals surface area (Å²) in [6.07, 6.45) is 8.64. The van der Waals surface area contributed by atoms with Crippen LogP contribution in [0.3, 0.4) is 0 Å². The van der Waals surface area contributed by atoms with Crippen molar-refractivity contribution in [2.75, 3.05) is 30.9 Å². The molecule has 158 valence electrons. The highest BCUT2D eigenvalue weighted by atomic mass is 32.1. The van der Waals surface area contributed by atoms with Crippen LogP contribution in [-0.2, 0) is 27.1 Å². The number of ether oxygens (including phenoxy) is 2. The Kier molecular flexibility index (Phi) is 6.29. The number of carbonyl (C=O) groups excluding carboxylic acids is 2. The lowest BCUT2D eigenvalue weighted by atomic mass is 9.89. The molecule has 2 aromatic heterocycles. The molecule has 4 rings (SSSR count). The van der Waals surface area contributed by atoms with Gasteiger partial charge in [0.25, 0.3) is 0 Å². The van der Waals surface area contributed by atoms with Crippen molar-refractivity contribution in [1.29, 1.82) is 0 Å². The molecule has 0 radical (unpaired) electrons. The van der Waals surface area contributed by atoms with Gasteiger partial charge in [0, 0.05) is 23.3 Å². The lowest BCUT2D eigenvalue weighted by molar-refractivity contribution is -0.111. The van der Waals surface area contributed by atoms with Crippen molar-refractivity contribution in [3.63, 3.8) is 0 Å².